The molecule has 2 saturated carbocycles. The van der Waals surface area contributed by atoms with Crippen LogP contribution in [-0.4, -0.2) is 17.6 Å². The topological polar surface area (TPSA) is 63.3 Å². The summed E-state index contributed by atoms with van der Waals surface area (Å²) in [6.07, 6.45) is 10.2. The number of hydrogen-bond donors (Lipinski definition) is 2. The van der Waals surface area contributed by atoms with Gasteiger partial charge >= 0.3 is 5.97 Å². The molecule has 2 aliphatic rings. The molecule has 0 aromatic carbocycles. The summed E-state index contributed by atoms with van der Waals surface area (Å²) in [5, 5.41) is 9.09. The Morgan fingerprint density at radius 3 is 2.47 bits per heavy atom. The van der Waals surface area contributed by atoms with E-state index in [0.29, 0.717) is 6.54 Å². The molecule has 3 nitrogen and oxygen atoms in total. The third-order valence-corrected chi connectivity index (χ3v) is 5.00. The Bertz CT molecular complexity index is 279. The first kappa shape index (κ1) is 12.9. The molecule has 0 heterocycles. The van der Waals surface area contributed by atoms with Crippen LogP contribution in [0.25, 0.3) is 0 Å². The molecule has 0 aromatic rings. The molecule has 2 aliphatic carbocycles. The second kappa shape index (κ2) is 5.38. The van der Waals surface area contributed by atoms with Crippen LogP contribution in [0.15, 0.2) is 0 Å². The molecule has 0 spiro atoms. The SMILES string of the molecule is NCC1(CC(=O)O)CCCC2CCCCC2C1. The first-order valence-corrected chi connectivity index (χ1v) is 7.07. The van der Waals surface area contributed by atoms with Crippen molar-refractivity contribution in [3.8, 4) is 0 Å². The molecular formula is C14H25NO2. The van der Waals surface area contributed by atoms with E-state index in [9.17, 15) is 4.79 Å². The Balaban J connectivity index is 2.09. The van der Waals surface area contributed by atoms with Crippen molar-refractivity contribution in [1.29, 1.82) is 0 Å². The third-order valence-electron chi connectivity index (χ3n) is 5.00. The van der Waals surface area contributed by atoms with E-state index < -0.39 is 5.97 Å². The monoisotopic (exact) mass is 239 g/mol. The summed E-state index contributed by atoms with van der Waals surface area (Å²) >= 11 is 0. The maximum atomic E-state index is 11.0. The molecule has 3 atom stereocenters. The fourth-order valence-corrected chi connectivity index (χ4v) is 4.07. The molecule has 0 aromatic heterocycles. The Morgan fingerprint density at radius 1 is 1.18 bits per heavy atom. The Morgan fingerprint density at radius 2 is 1.82 bits per heavy atom. The maximum absolute atomic E-state index is 11.0. The molecule has 3 unspecified atom stereocenters. The summed E-state index contributed by atoms with van der Waals surface area (Å²) < 4.78 is 0. The van der Waals surface area contributed by atoms with Crippen molar-refractivity contribution in [3.05, 3.63) is 0 Å². The quantitative estimate of drug-likeness (QED) is 0.796. The number of hydrogen-bond acceptors (Lipinski definition) is 2. The van der Waals surface area contributed by atoms with E-state index in [4.69, 9.17) is 10.8 Å². The molecule has 0 bridgehead atoms. The van der Waals surface area contributed by atoms with Crippen molar-refractivity contribution < 1.29 is 9.90 Å². The zero-order chi connectivity index (χ0) is 12.3. The predicted octanol–water partition coefficient (Wildman–Crippen LogP) is 2.79. The van der Waals surface area contributed by atoms with Gasteiger partial charge in [0.15, 0.2) is 0 Å². The molecule has 0 saturated heterocycles. The minimum Gasteiger partial charge on any atom is -0.481 e. The van der Waals surface area contributed by atoms with Gasteiger partial charge in [0.1, 0.15) is 0 Å². The largest absolute Gasteiger partial charge is 0.481 e. The van der Waals surface area contributed by atoms with Crippen LogP contribution >= 0.6 is 0 Å². The van der Waals surface area contributed by atoms with Crippen LogP contribution in [-0.2, 0) is 4.79 Å². The molecule has 17 heavy (non-hydrogen) atoms. The van der Waals surface area contributed by atoms with E-state index in [1.165, 1.54) is 38.5 Å². The van der Waals surface area contributed by atoms with Crippen LogP contribution in [0.2, 0.25) is 0 Å². The minimum absolute atomic E-state index is 0.109. The number of fused-ring (bicyclic) bond motifs is 1. The van der Waals surface area contributed by atoms with E-state index in [-0.39, 0.29) is 11.8 Å². The van der Waals surface area contributed by atoms with Crippen molar-refractivity contribution in [2.24, 2.45) is 23.0 Å². The highest BCUT2D eigenvalue weighted by Crippen LogP contribution is 2.47. The molecule has 2 fully saturated rings. The molecule has 0 aliphatic heterocycles. The molecule has 98 valence electrons. The van der Waals surface area contributed by atoms with E-state index in [2.05, 4.69) is 0 Å². The Hall–Kier alpha value is -0.570. The van der Waals surface area contributed by atoms with Crippen LogP contribution in [0.1, 0.15) is 57.8 Å². The zero-order valence-corrected chi connectivity index (χ0v) is 10.7. The van der Waals surface area contributed by atoms with E-state index in [0.717, 1.165) is 24.7 Å². The second-order valence-corrected chi connectivity index (χ2v) is 6.18. The summed E-state index contributed by atoms with van der Waals surface area (Å²) in [7, 11) is 0. The van der Waals surface area contributed by atoms with Crippen molar-refractivity contribution >= 4 is 5.97 Å². The normalized spacial score (nSPS) is 38.2. The summed E-state index contributed by atoms with van der Waals surface area (Å²) in [5.41, 5.74) is 5.81. The number of carboxylic acids is 1. The maximum Gasteiger partial charge on any atom is 0.303 e. The van der Waals surface area contributed by atoms with Gasteiger partial charge in [-0.25, -0.2) is 0 Å². The van der Waals surface area contributed by atoms with Crippen molar-refractivity contribution in [2.45, 2.75) is 57.8 Å². The second-order valence-electron chi connectivity index (χ2n) is 6.18. The first-order chi connectivity index (χ1) is 8.15. The average molecular weight is 239 g/mol. The number of rotatable bonds is 3. The lowest BCUT2D eigenvalue weighted by molar-refractivity contribution is -0.140. The zero-order valence-electron chi connectivity index (χ0n) is 10.7. The minimum atomic E-state index is -0.676. The molecule has 3 heteroatoms. The summed E-state index contributed by atoms with van der Waals surface area (Å²) in [6.45, 7) is 0.544. The van der Waals surface area contributed by atoms with Gasteiger partial charge in [-0.05, 0) is 36.6 Å². The van der Waals surface area contributed by atoms with Gasteiger partial charge in [-0.3, -0.25) is 4.79 Å². The van der Waals surface area contributed by atoms with Gasteiger partial charge in [-0.2, -0.15) is 0 Å². The van der Waals surface area contributed by atoms with Crippen LogP contribution in [0.3, 0.4) is 0 Å². The molecule has 3 N–H and O–H groups in total. The van der Waals surface area contributed by atoms with Crippen LogP contribution in [0.5, 0.6) is 0 Å². The van der Waals surface area contributed by atoms with Gasteiger partial charge in [-0.15, -0.1) is 0 Å². The third kappa shape index (κ3) is 3.01. The lowest BCUT2D eigenvalue weighted by Gasteiger charge is -2.36. The van der Waals surface area contributed by atoms with Gasteiger partial charge in [0.2, 0.25) is 0 Å². The van der Waals surface area contributed by atoms with Crippen molar-refractivity contribution in [3.63, 3.8) is 0 Å². The fourth-order valence-electron chi connectivity index (χ4n) is 4.07. The van der Waals surface area contributed by atoms with Crippen LogP contribution in [0.4, 0.5) is 0 Å². The van der Waals surface area contributed by atoms with Gasteiger partial charge in [0, 0.05) is 0 Å². The Kier molecular flexibility index (Phi) is 4.08. The highest BCUT2D eigenvalue weighted by molar-refractivity contribution is 5.67. The predicted molar refractivity (Wildman–Crippen MR) is 67.7 cm³/mol. The van der Waals surface area contributed by atoms with E-state index in [1.807, 2.05) is 0 Å². The highest BCUT2D eigenvalue weighted by atomic mass is 16.4. The smallest absolute Gasteiger partial charge is 0.303 e. The van der Waals surface area contributed by atoms with Crippen molar-refractivity contribution in [2.75, 3.05) is 6.54 Å². The van der Waals surface area contributed by atoms with Gasteiger partial charge in [0.05, 0.1) is 6.42 Å². The standard InChI is InChI=1S/C14H25NO2/c15-10-14(9-13(16)17)7-3-6-11-4-1-2-5-12(11)8-14/h11-12H,1-10,15H2,(H,16,17). The summed E-state index contributed by atoms with van der Waals surface area (Å²) in [6, 6.07) is 0. The van der Waals surface area contributed by atoms with Crippen LogP contribution in [0, 0.1) is 17.3 Å². The first-order valence-electron chi connectivity index (χ1n) is 7.07. The number of carboxylic acid groups (broad SMARTS) is 1. The number of carbonyl (C=O) groups is 1. The number of aliphatic carboxylic acids is 1. The lowest BCUT2D eigenvalue weighted by Crippen LogP contribution is -2.35. The molecule has 2 rings (SSSR count). The molecule has 0 radical (unpaired) electrons. The van der Waals surface area contributed by atoms with E-state index in [1.54, 1.807) is 0 Å². The van der Waals surface area contributed by atoms with E-state index >= 15 is 0 Å². The molecular weight excluding hydrogens is 214 g/mol. The van der Waals surface area contributed by atoms with Gasteiger partial charge < -0.3 is 10.8 Å². The van der Waals surface area contributed by atoms with Crippen LogP contribution < -0.4 is 5.73 Å². The Labute approximate surface area is 104 Å². The average Bonchev–Trinajstić information content (AvgIpc) is 2.47. The van der Waals surface area contributed by atoms with Gasteiger partial charge in [0.25, 0.3) is 0 Å². The lowest BCUT2D eigenvalue weighted by atomic mass is 9.70. The van der Waals surface area contributed by atoms with Gasteiger partial charge in [-0.1, -0.05) is 38.5 Å². The molecule has 0 amide bonds. The van der Waals surface area contributed by atoms with Crippen molar-refractivity contribution in [1.82, 2.24) is 0 Å². The summed E-state index contributed by atoms with van der Waals surface area (Å²) in [4.78, 5) is 11.0. The number of nitrogens with two attached hydrogens (primary N) is 1. The summed E-state index contributed by atoms with van der Waals surface area (Å²) in [5.74, 6) is 0.921. The fraction of sp³-hybridized carbons (Fsp3) is 0.929. The highest BCUT2D eigenvalue weighted by Gasteiger charge is 2.39.